The Balaban J connectivity index is 2.03. The van der Waals surface area contributed by atoms with Gasteiger partial charge in [-0.2, -0.15) is 0 Å². The maximum atomic E-state index is 12.0. The summed E-state index contributed by atoms with van der Waals surface area (Å²) in [6, 6.07) is 7.08. The molecule has 2 aromatic rings. The van der Waals surface area contributed by atoms with Crippen molar-refractivity contribution in [1.82, 2.24) is 14.8 Å². The van der Waals surface area contributed by atoms with Gasteiger partial charge in [0.05, 0.1) is 7.11 Å². The Kier molecular flexibility index (Phi) is 4.46. The van der Waals surface area contributed by atoms with Gasteiger partial charge in [-0.1, -0.05) is 11.8 Å². The van der Waals surface area contributed by atoms with Crippen molar-refractivity contribution in [3.8, 4) is 5.75 Å². The third-order valence-electron chi connectivity index (χ3n) is 2.60. The van der Waals surface area contributed by atoms with Gasteiger partial charge in [-0.05, 0) is 30.5 Å². The molecule has 0 radical (unpaired) electrons. The highest BCUT2D eigenvalue weighted by atomic mass is 32.2. The molecule has 20 heavy (non-hydrogen) atoms. The topological polar surface area (TPSA) is 95.1 Å². The second-order valence-electron chi connectivity index (χ2n) is 3.91. The van der Waals surface area contributed by atoms with E-state index >= 15 is 0 Å². The number of methoxy groups -OCH3 is 1. The Morgan fingerprint density at radius 2 is 2.10 bits per heavy atom. The van der Waals surface area contributed by atoms with Crippen LogP contribution in [0.3, 0.4) is 0 Å². The summed E-state index contributed by atoms with van der Waals surface area (Å²) >= 11 is 1.38. The number of benzene rings is 1. The normalized spacial score (nSPS) is 10.3. The molecule has 0 saturated carbocycles. The number of nitrogen functional groups attached to an aromatic ring is 1. The van der Waals surface area contributed by atoms with Crippen molar-refractivity contribution in [3.05, 3.63) is 24.3 Å². The van der Waals surface area contributed by atoms with E-state index in [-0.39, 0.29) is 18.4 Å². The molecule has 1 aromatic heterocycles. The smallest absolute Gasteiger partial charge is 0.244 e. The zero-order valence-electron chi connectivity index (χ0n) is 11.2. The largest absolute Gasteiger partial charge is 0.497 e. The van der Waals surface area contributed by atoms with E-state index in [1.54, 1.807) is 35.9 Å². The zero-order valence-corrected chi connectivity index (χ0v) is 12.0. The number of nitrogens with zero attached hydrogens (tertiary/aromatic N) is 3. The highest BCUT2D eigenvalue weighted by Gasteiger charge is 2.12. The number of carbonyl (C=O) groups excluding carboxylic acids is 1. The molecule has 7 nitrogen and oxygen atoms in total. The third kappa shape index (κ3) is 3.21. The lowest BCUT2D eigenvalue weighted by atomic mass is 10.3. The molecule has 2 rings (SSSR count). The number of aromatic nitrogens is 3. The first-order valence-electron chi connectivity index (χ1n) is 5.80. The molecule has 0 aliphatic rings. The Bertz CT molecular complexity index is 596. The average molecular weight is 293 g/mol. The van der Waals surface area contributed by atoms with Crippen LogP contribution in [0.4, 0.5) is 11.6 Å². The van der Waals surface area contributed by atoms with Crippen molar-refractivity contribution < 1.29 is 9.53 Å². The predicted molar refractivity (Wildman–Crippen MR) is 77.8 cm³/mol. The number of hydrogen-bond acceptors (Lipinski definition) is 6. The first-order chi connectivity index (χ1) is 9.63. The summed E-state index contributed by atoms with van der Waals surface area (Å²) < 4.78 is 6.61. The number of carbonyl (C=O) groups is 1. The van der Waals surface area contributed by atoms with Gasteiger partial charge in [0.2, 0.25) is 11.9 Å². The molecule has 0 aliphatic carbocycles. The number of rotatable bonds is 5. The lowest BCUT2D eigenvalue weighted by Crippen LogP contribution is -2.20. The highest BCUT2D eigenvalue weighted by molar-refractivity contribution is 7.98. The number of nitrogens with one attached hydrogen (secondary N) is 1. The fourth-order valence-electron chi connectivity index (χ4n) is 1.62. The Morgan fingerprint density at radius 3 is 2.70 bits per heavy atom. The molecule has 1 heterocycles. The molecule has 0 bridgehead atoms. The Morgan fingerprint density at radius 1 is 1.40 bits per heavy atom. The van der Waals surface area contributed by atoms with Gasteiger partial charge in [0.1, 0.15) is 12.3 Å². The highest BCUT2D eigenvalue weighted by Crippen LogP contribution is 2.17. The SMILES string of the molecule is COc1ccc(NC(=O)Cn2c(N)nnc2SC)cc1. The molecule has 0 aliphatic heterocycles. The second-order valence-corrected chi connectivity index (χ2v) is 4.68. The third-order valence-corrected chi connectivity index (χ3v) is 3.27. The van der Waals surface area contributed by atoms with E-state index in [0.717, 1.165) is 5.75 Å². The lowest BCUT2D eigenvalue weighted by molar-refractivity contribution is -0.116. The van der Waals surface area contributed by atoms with E-state index in [0.29, 0.717) is 10.8 Å². The van der Waals surface area contributed by atoms with E-state index in [4.69, 9.17) is 10.5 Å². The zero-order chi connectivity index (χ0) is 14.5. The van der Waals surface area contributed by atoms with Crippen LogP contribution in [0, 0.1) is 0 Å². The maximum absolute atomic E-state index is 12.0. The summed E-state index contributed by atoms with van der Waals surface area (Å²) in [5, 5.41) is 11.0. The summed E-state index contributed by atoms with van der Waals surface area (Å²) in [6.45, 7) is 0.0705. The van der Waals surface area contributed by atoms with E-state index in [2.05, 4.69) is 15.5 Å². The summed E-state index contributed by atoms with van der Waals surface area (Å²) in [6.07, 6.45) is 1.85. The maximum Gasteiger partial charge on any atom is 0.244 e. The van der Waals surface area contributed by atoms with Gasteiger partial charge >= 0.3 is 0 Å². The standard InChI is InChI=1S/C12H15N5O2S/c1-19-9-5-3-8(4-6-9)14-10(18)7-17-11(13)15-16-12(17)20-2/h3-6H,7H2,1-2H3,(H2,13,15)(H,14,18). The monoisotopic (exact) mass is 293 g/mol. The van der Waals surface area contributed by atoms with Crippen molar-refractivity contribution in [2.75, 3.05) is 24.4 Å². The number of thioether (sulfide) groups is 1. The van der Waals surface area contributed by atoms with E-state index in [1.807, 2.05) is 6.26 Å². The van der Waals surface area contributed by atoms with Gasteiger partial charge in [0.25, 0.3) is 0 Å². The van der Waals surface area contributed by atoms with E-state index in [9.17, 15) is 4.79 Å². The van der Waals surface area contributed by atoms with Crippen molar-refractivity contribution >= 4 is 29.3 Å². The number of amides is 1. The van der Waals surface area contributed by atoms with Gasteiger partial charge in [-0.15, -0.1) is 10.2 Å². The quantitative estimate of drug-likeness (QED) is 0.805. The molecule has 1 amide bonds. The minimum absolute atomic E-state index is 0.0705. The average Bonchev–Trinajstić information content (AvgIpc) is 2.80. The van der Waals surface area contributed by atoms with E-state index < -0.39 is 0 Å². The van der Waals surface area contributed by atoms with Crippen molar-refractivity contribution in [2.45, 2.75) is 11.7 Å². The van der Waals surface area contributed by atoms with Gasteiger partial charge < -0.3 is 15.8 Å². The van der Waals surface area contributed by atoms with Gasteiger partial charge in [0, 0.05) is 5.69 Å². The number of nitrogens with two attached hydrogens (primary N) is 1. The van der Waals surface area contributed by atoms with Crippen LogP contribution in [0.5, 0.6) is 5.75 Å². The number of hydrogen-bond donors (Lipinski definition) is 2. The molecule has 0 spiro atoms. The first-order valence-corrected chi connectivity index (χ1v) is 7.03. The van der Waals surface area contributed by atoms with Crippen LogP contribution in [-0.2, 0) is 11.3 Å². The summed E-state index contributed by atoms with van der Waals surface area (Å²) in [7, 11) is 1.59. The molecule has 0 atom stereocenters. The minimum Gasteiger partial charge on any atom is -0.497 e. The van der Waals surface area contributed by atoms with Crippen molar-refractivity contribution in [1.29, 1.82) is 0 Å². The summed E-state index contributed by atoms with van der Waals surface area (Å²) in [4.78, 5) is 12.0. The minimum atomic E-state index is -0.197. The fraction of sp³-hybridized carbons (Fsp3) is 0.250. The Labute approximate surface area is 120 Å². The molecule has 3 N–H and O–H groups in total. The van der Waals surface area contributed by atoms with E-state index in [1.165, 1.54) is 11.8 Å². The number of anilines is 2. The van der Waals surface area contributed by atoms with Gasteiger partial charge in [-0.25, -0.2) is 0 Å². The molecule has 106 valence electrons. The van der Waals surface area contributed by atoms with Gasteiger partial charge in [-0.3, -0.25) is 9.36 Å². The van der Waals surface area contributed by atoms with Crippen LogP contribution in [0.2, 0.25) is 0 Å². The van der Waals surface area contributed by atoms with Crippen molar-refractivity contribution in [3.63, 3.8) is 0 Å². The van der Waals surface area contributed by atoms with Gasteiger partial charge in [0.15, 0.2) is 5.16 Å². The molecule has 0 fully saturated rings. The van der Waals surface area contributed by atoms with Crippen LogP contribution >= 0.6 is 11.8 Å². The molecule has 8 heteroatoms. The number of ether oxygens (including phenoxy) is 1. The molecule has 0 unspecified atom stereocenters. The lowest BCUT2D eigenvalue weighted by Gasteiger charge is -2.08. The fourth-order valence-corrected chi connectivity index (χ4v) is 2.12. The van der Waals surface area contributed by atoms with Crippen LogP contribution in [0.15, 0.2) is 29.4 Å². The van der Waals surface area contributed by atoms with Crippen LogP contribution in [-0.4, -0.2) is 34.0 Å². The molecule has 0 saturated heterocycles. The Hall–Kier alpha value is -2.22. The van der Waals surface area contributed by atoms with Crippen molar-refractivity contribution in [2.24, 2.45) is 0 Å². The molecular weight excluding hydrogens is 278 g/mol. The first kappa shape index (κ1) is 14.2. The van der Waals surface area contributed by atoms with Crippen LogP contribution < -0.4 is 15.8 Å². The summed E-state index contributed by atoms with van der Waals surface area (Å²) in [5.41, 5.74) is 6.36. The molecular formula is C12H15N5O2S. The molecule has 1 aromatic carbocycles. The van der Waals surface area contributed by atoms with Crippen LogP contribution in [0.1, 0.15) is 0 Å². The van der Waals surface area contributed by atoms with Crippen LogP contribution in [0.25, 0.3) is 0 Å². The summed E-state index contributed by atoms with van der Waals surface area (Å²) in [5.74, 6) is 0.756. The second kappa shape index (κ2) is 6.29. The predicted octanol–water partition coefficient (Wildman–Crippen LogP) is 1.23.